The largest absolute Gasteiger partial charge is 0.438 e. The Bertz CT molecular complexity index is 647. The molecule has 2 aromatic heterocycles. The summed E-state index contributed by atoms with van der Waals surface area (Å²) >= 11 is 0. The van der Waals surface area contributed by atoms with Crippen molar-refractivity contribution in [3.63, 3.8) is 0 Å². The van der Waals surface area contributed by atoms with Gasteiger partial charge in [-0.15, -0.1) is 0 Å². The third-order valence-corrected chi connectivity index (χ3v) is 4.17. The molecule has 6 nitrogen and oxygen atoms in total. The molecule has 0 saturated carbocycles. The molecule has 1 amide bonds. The van der Waals surface area contributed by atoms with Crippen molar-refractivity contribution in [3.8, 4) is 0 Å². The molecule has 3 heterocycles. The number of rotatable bonds is 4. The van der Waals surface area contributed by atoms with Crippen molar-refractivity contribution in [2.45, 2.75) is 26.4 Å². The summed E-state index contributed by atoms with van der Waals surface area (Å²) in [4.78, 5) is 18.6. The molecule has 22 heavy (non-hydrogen) atoms. The molecule has 1 aliphatic heterocycles. The van der Waals surface area contributed by atoms with Gasteiger partial charge in [0, 0.05) is 38.7 Å². The van der Waals surface area contributed by atoms with Gasteiger partial charge in [-0.25, -0.2) is 4.98 Å². The van der Waals surface area contributed by atoms with Gasteiger partial charge >= 0.3 is 0 Å². The summed E-state index contributed by atoms with van der Waals surface area (Å²) in [5, 5.41) is 0. The van der Waals surface area contributed by atoms with Crippen molar-refractivity contribution in [3.05, 3.63) is 41.9 Å². The predicted molar refractivity (Wildman–Crippen MR) is 80.4 cm³/mol. The lowest BCUT2D eigenvalue weighted by Crippen LogP contribution is -2.34. The van der Waals surface area contributed by atoms with Crippen LogP contribution in [0.5, 0.6) is 0 Å². The highest BCUT2D eigenvalue weighted by molar-refractivity contribution is 5.92. The quantitative estimate of drug-likeness (QED) is 0.868. The lowest BCUT2D eigenvalue weighted by Gasteiger charge is -2.23. The van der Waals surface area contributed by atoms with E-state index in [-0.39, 0.29) is 5.91 Å². The zero-order valence-corrected chi connectivity index (χ0v) is 13.0. The minimum Gasteiger partial charge on any atom is -0.438 e. The van der Waals surface area contributed by atoms with Crippen LogP contribution in [-0.4, -0.2) is 40.6 Å². The van der Waals surface area contributed by atoms with Gasteiger partial charge in [-0.2, -0.15) is 0 Å². The number of amides is 1. The van der Waals surface area contributed by atoms with E-state index in [0.717, 1.165) is 18.7 Å². The second kappa shape index (κ2) is 6.36. The molecule has 0 fully saturated rings. The molecule has 0 N–H and O–H groups in total. The number of ether oxygens (including phenoxy) is 1. The number of aromatic nitrogens is 2. The molecule has 0 saturated heterocycles. The maximum Gasteiger partial charge on any atom is 0.291 e. The normalized spacial score (nSPS) is 18.1. The Morgan fingerprint density at radius 2 is 2.36 bits per heavy atom. The molecule has 118 valence electrons. The summed E-state index contributed by atoms with van der Waals surface area (Å²) in [5.74, 6) is 0.610. The number of carbonyl (C=O) groups excluding carboxylic acids is 1. The summed E-state index contributed by atoms with van der Waals surface area (Å²) < 4.78 is 12.7. The van der Waals surface area contributed by atoms with Gasteiger partial charge in [0.15, 0.2) is 6.39 Å². The molecule has 1 atom stereocenters. The maximum atomic E-state index is 12.7. The molecule has 0 bridgehead atoms. The van der Waals surface area contributed by atoms with E-state index in [1.165, 1.54) is 6.39 Å². The third kappa shape index (κ3) is 2.92. The van der Waals surface area contributed by atoms with Crippen LogP contribution in [0.2, 0.25) is 0 Å². The first kappa shape index (κ1) is 14.8. The van der Waals surface area contributed by atoms with Crippen LogP contribution in [0.4, 0.5) is 0 Å². The molecule has 1 unspecified atom stereocenters. The number of aryl methyl sites for hydroxylation is 1. The zero-order chi connectivity index (χ0) is 15.5. The standard InChI is InChI=1S/C16H21N3O3/c1-12-15(22-11-17-12)16(20)19-9-13(5-7-21-2)8-18-6-3-4-14(18)10-19/h3-4,6,11,13H,5,7-10H2,1-2H3. The highest BCUT2D eigenvalue weighted by atomic mass is 16.5. The van der Waals surface area contributed by atoms with Gasteiger partial charge in [0.05, 0.1) is 12.2 Å². The fraction of sp³-hybridized carbons (Fsp3) is 0.500. The van der Waals surface area contributed by atoms with Crippen molar-refractivity contribution < 1.29 is 13.9 Å². The predicted octanol–water partition coefficient (Wildman–Crippen LogP) is 2.09. The van der Waals surface area contributed by atoms with Gasteiger partial charge in [0.2, 0.25) is 5.76 Å². The van der Waals surface area contributed by atoms with E-state index in [2.05, 4.69) is 21.8 Å². The zero-order valence-electron chi connectivity index (χ0n) is 13.0. The van der Waals surface area contributed by atoms with Gasteiger partial charge in [0.25, 0.3) is 5.91 Å². The molecular formula is C16H21N3O3. The van der Waals surface area contributed by atoms with E-state index in [1.807, 2.05) is 11.0 Å². The van der Waals surface area contributed by atoms with E-state index in [9.17, 15) is 4.79 Å². The lowest BCUT2D eigenvalue weighted by atomic mass is 10.1. The summed E-state index contributed by atoms with van der Waals surface area (Å²) in [6.07, 6.45) is 4.32. The second-order valence-corrected chi connectivity index (χ2v) is 5.75. The first-order valence-corrected chi connectivity index (χ1v) is 7.51. The number of hydrogen-bond acceptors (Lipinski definition) is 4. The Morgan fingerprint density at radius 1 is 1.50 bits per heavy atom. The van der Waals surface area contributed by atoms with Crippen molar-refractivity contribution in [1.29, 1.82) is 0 Å². The van der Waals surface area contributed by atoms with Gasteiger partial charge < -0.3 is 18.6 Å². The molecule has 0 radical (unpaired) electrons. The van der Waals surface area contributed by atoms with Crippen LogP contribution in [0.1, 0.15) is 28.4 Å². The van der Waals surface area contributed by atoms with Gasteiger partial charge in [-0.3, -0.25) is 4.79 Å². The topological polar surface area (TPSA) is 60.5 Å². The van der Waals surface area contributed by atoms with Gasteiger partial charge in [-0.05, 0) is 31.4 Å². The van der Waals surface area contributed by atoms with Crippen molar-refractivity contribution in [2.75, 3.05) is 20.3 Å². The fourth-order valence-electron chi connectivity index (χ4n) is 2.95. The first-order chi connectivity index (χ1) is 10.7. The highest BCUT2D eigenvalue weighted by Crippen LogP contribution is 2.22. The Hall–Kier alpha value is -2.08. The number of methoxy groups -OCH3 is 1. The molecule has 0 spiro atoms. The minimum atomic E-state index is -0.0907. The van der Waals surface area contributed by atoms with Gasteiger partial charge in [0.1, 0.15) is 0 Å². The Kier molecular flexibility index (Phi) is 4.29. The van der Waals surface area contributed by atoms with E-state index in [0.29, 0.717) is 37.1 Å². The van der Waals surface area contributed by atoms with Gasteiger partial charge in [-0.1, -0.05) is 0 Å². The number of carbonyl (C=O) groups is 1. The minimum absolute atomic E-state index is 0.0907. The molecule has 0 aromatic carbocycles. The lowest BCUT2D eigenvalue weighted by molar-refractivity contribution is 0.0672. The summed E-state index contributed by atoms with van der Waals surface area (Å²) in [7, 11) is 1.71. The van der Waals surface area contributed by atoms with E-state index in [1.54, 1.807) is 14.0 Å². The maximum absolute atomic E-state index is 12.7. The number of hydrogen-bond donors (Lipinski definition) is 0. The molecular weight excluding hydrogens is 282 g/mol. The van der Waals surface area contributed by atoms with Crippen LogP contribution in [-0.2, 0) is 17.8 Å². The number of nitrogens with zero attached hydrogens (tertiary/aromatic N) is 3. The van der Waals surface area contributed by atoms with Crippen LogP contribution >= 0.6 is 0 Å². The van der Waals surface area contributed by atoms with Crippen molar-refractivity contribution >= 4 is 5.91 Å². The average Bonchev–Trinajstić information content (AvgIpc) is 3.09. The molecule has 6 heteroatoms. The van der Waals surface area contributed by atoms with Crippen LogP contribution in [0.3, 0.4) is 0 Å². The second-order valence-electron chi connectivity index (χ2n) is 5.75. The Morgan fingerprint density at radius 3 is 3.09 bits per heavy atom. The van der Waals surface area contributed by atoms with Crippen LogP contribution < -0.4 is 0 Å². The van der Waals surface area contributed by atoms with E-state index >= 15 is 0 Å². The van der Waals surface area contributed by atoms with Crippen molar-refractivity contribution in [2.24, 2.45) is 5.92 Å². The number of fused-ring (bicyclic) bond motifs is 1. The van der Waals surface area contributed by atoms with Crippen LogP contribution in [0.15, 0.2) is 29.1 Å². The number of oxazole rings is 1. The summed E-state index contributed by atoms with van der Waals surface area (Å²) in [6.45, 7) is 4.69. The SMILES string of the molecule is COCCC1CN(C(=O)c2ocnc2C)Cc2cccn2C1. The monoisotopic (exact) mass is 303 g/mol. The Balaban J connectivity index is 1.83. The average molecular weight is 303 g/mol. The summed E-state index contributed by atoms with van der Waals surface area (Å²) in [5.41, 5.74) is 1.78. The van der Waals surface area contributed by atoms with E-state index in [4.69, 9.17) is 9.15 Å². The highest BCUT2D eigenvalue weighted by Gasteiger charge is 2.28. The van der Waals surface area contributed by atoms with Crippen LogP contribution in [0.25, 0.3) is 0 Å². The molecule has 0 aliphatic carbocycles. The molecule has 1 aliphatic rings. The summed E-state index contributed by atoms with van der Waals surface area (Å²) in [6, 6.07) is 4.09. The smallest absolute Gasteiger partial charge is 0.291 e. The van der Waals surface area contributed by atoms with Crippen LogP contribution in [0, 0.1) is 12.8 Å². The Labute approximate surface area is 129 Å². The van der Waals surface area contributed by atoms with E-state index < -0.39 is 0 Å². The van der Waals surface area contributed by atoms with Crippen molar-refractivity contribution in [1.82, 2.24) is 14.5 Å². The molecule has 3 rings (SSSR count). The molecule has 2 aromatic rings. The third-order valence-electron chi connectivity index (χ3n) is 4.17. The fourth-order valence-corrected chi connectivity index (χ4v) is 2.95. The first-order valence-electron chi connectivity index (χ1n) is 7.51.